The van der Waals surface area contributed by atoms with E-state index in [1.165, 1.54) is 18.1 Å². The van der Waals surface area contributed by atoms with Gasteiger partial charge in [-0.25, -0.2) is 0 Å². The molecule has 0 radical (unpaired) electrons. The van der Waals surface area contributed by atoms with E-state index in [0.29, 0.717) is 32.0 Å². The molecule has 2 heterocycles. The third-order valence-electron chi connectivity index (χ3n) is 6.27. The molecule has 3 atom stereocenters. The van der Waals surface area contributed by atoms with Gasteiger partial charge in [0.15, 0.2) is 0 Å². The number of rotatable bonds is 6. The zero-order valence-corrected chi connectivity index (χ0v) is 18.0. The van der Waals surface area contributed by atoms with E-state index in [1.807, 2.05) is 17.0 Å². The van der Waals surface area contributed by atoms with Crippen molar-refractivity contribution in [2.75, 3.05) is 26.2 Å². The number of hydrogen-bond acceptors (Lipinski definition) is 3. The van der Waals surface area contributed by atoms with Crippen LogP contribution in [0, 0.1) is 24.7 Å². The molecule has 6 heteroatoms. The molecule has 0 saturated carbocycles. The summed E-state index contributed by atoms with van der Waals surface area (Å²) in [6, 6.07) is 8.27. The van der Waals surface area contributed by atoms with E-state index in [-0.39, 0.29) is 42.1 Å². The van der Waals surface area contributed by atoms with Crippen molar-refractivity contribution in [1.29, 1.82) is 0 Å². The Labute approximate surface area is 173 Å². The summed E-state index contributed by atoms with van der Waals surface area (Å²) in [7, 11) is 0. The van der Waals surface area contributed by atoms with Crippen molar-refractivity contribution < 1.29 is 14.4 Å². The minimum atomic E-state index is -0.197. The number of nitrogens with zero attached hydrogens (tertiary/aromatic N) is 2. The van der Waals surface area contributed by atoms with Gasteiger partial charge >= 0.3 is 0 Å². The summed E-state index contributed by atoms with van der Waals surface area (Å²) in [6.45, 7) is 9.82. The summed E-state index contributed by atoms with van der Waals surface area (Å²) >= 11 is 0. The largest absolute Gasteiger partial charge is 0.347 e. The minimum Gasteiger partial charge on any atom is -0.347 e. The second-order valence-electron chi connectivity index (χ2n) is 8.91. The molecule has 1 aromatic carbocycles. The molecule has 1 aromatic rings. The molecule has 0 aliphatic carbocycles. The molecule has 2 fully saturated rings. The molecule has 158 valence electrons. The summed E-state index contributed by atoms with van der Waals surface area (Å²) in [5.41, 5.74) is 2.37. The van der Waals surface area contributed by atoms with Crippen LogP contribution in [0.2, 0.25) is 0 Å². The number of fused-ring (bicyclic) bond motifs is 1. The van der Waals surface area contributed by atoms with E-state index >= 15 is 0 Å². The predicted molar refractivity (Wildman–Crippen MR) is 112 cm³/mol. The lowest BCUT2D eigenvalue weighted by atomic mass is 9.87. The lowest BCUT2D eigenvalue weighted by Gasteiger charge is -2.31. The van der Waals surface area contributed by atoms with Crippen molar-refractivity contribution in [3.05, 3.63) is 35.4 Å². The molecule has 0 aromatic heterocycles. The minimum absolute atomic E-state index is 0.0134. The van der Waals surface area contributed by atoms with E-state index in [0.717, 1.165) is 6.42 Å². The molecular formula is C23H33N3O3. The fraction of sp³-hybridized carbons (Fsp3) is 0.609. The SMILES string of the molecule is CC(=O)NCC(=O)N1C[C@H]2CN(C(=O)CCC(C)C)[C@H](c3ccccc3C)[C@H]2C1. The smallest absolute Gasteiger partial charge is 0.241 e. The van der Waals surface area contributed by atoms with Crippen LogP contribution in [0.4, 0.5) is 0 Å². The molecule has 2 aliphatic heterocycles. The summed E-state index contributed by atoms with van der Waals surface area (Å²) in [5, 5.41) is 2.60. The molecular weight excluding hydrogens is 366 g/mol. The van der Waals surface area contributed by atoms with Gasteiger partial charge in [0.1, 0.15) is 0 Å². The molecule has 3 rings (SSSR count). The van der Waals surface area contributed by atoms with Crippen molar-refractivity contribution in [1.82, 2.24) is 15.1 Å². The maximum atomic E-state index is 13.1. The topological polar surface area (TPSA) is 69.7 Å². The second-order valence-corrected chi connectivity index (χ2v) is 8.91. The van der Waals surface area contributed by atoms with Gasteiger partial charge in [-0.2, -0.15) is 0 Å². The highest BCUT2D eigenvalue weighted by molar-refractivity contribution is 5.84. The van der Waals surface area contributed by atoms with Crippen LogP contribution in [0.5, 0.6) is 0 Å². The Morgan fingerprint density at radius 2 is 1.83 bits per heavy atom. The van der Waals surface area contributed by atoms with Gasteiger partial charge in [0.2, 0.25) is 17.7 Å². The Hall–Kier alpha value is -2.37. The van der Waals surface area contributed by atoms with E-state index in [9.17, 15) is 14.4 Å². The number of aryl methyl sites for hydroxylation is 1. The van der Waals surface area contributed by atoms with Crippen LogP contribution in [0.1, 0.15) is 50.8 Å². The number of likely N-dealkylation sites (tertiary alicyclic amines) is 2. The Morgan fingerprint density at radius 3 is 2.48 bits per heavy atom. The maximum absolute atomic E-state index is 13.1. The van der Waals surface area contributed by atoms with Crippen LogP contribution < -0.4 is 5.32 Å². The fourth-order valence-corrected chi connectivity index (χ4v) is 4.69. The number of carbonyl (C=O) groups is 3. The van der Waals surface area contributed by atoms with Gasteiger partial charge in [-0.15, -0.1) is 0 Å². The Bertz CT molecular complexity index is 776. The zero-order valence-electron chi connectivity index (χ0n) is 18.0. The van der Waals surface area contributed by atoms with Crippen molar-refractivity contribution in [2.45, 2.75) is 46.6 Å². The Balaban J connectivity index is 1.79. The molecule has 0 spiro atoms. The predicted octanol–water partition coefficient (Wildman–Crippen LogP) is 2.53. The highest BCUT2D eigenvalue weighted by Gasteiger charge is 2.50. The maximum Gasteiger partial charge on any atom is 0.241 e. The average molecular weight is 400 g/mol. The quantitative estimate of drug-likeness (QED) is 0.799. The van der Waals surface area contributed by atoms with Crippen LogP contribution in [-0.2, 0) is 14.4 Å². The van der Waals surface area contributed by atoms with Crippen molar-refractivity contribution in [3.63, 3.8) is 0 Å². The van der Waals surface area contributed by atoms with Gasteiger partial charge in [0.25, 0.3) is 0 Å². The lowest BCUT2D eigenvalue weighted by Crippen LogP contribution is -2.41. The standard InChI is InChI=1S/C23H33N3O3/c1-15(2)9-10-21(28)26-13-18-12-25(22(29)11-24-17(4)27)14-20(18)23(26)19-8-6-5-7-16(19)3/h5-8,15,18,20,23H,9-14H2,1-4H3,(H,24,27)/t18-,20-,23+/m0/s1. The number of nitrogens with one attached hydrogen (secondary N) is 1. The summed E-state index contributed by atoms with van der Waals surface area (Å²) in [4.78, 5) is 40.6. The summed E-state index contributed by atoms with van der Waals surface area (Å²) in [5.74, 6) is 0.995. The molecule has 0 bridgehead atoms. The van der Waals surface area contributed by atoms with E-state index in [2.05, 4.69) is 43.1 Å². The van der Waals surface area contributed by atoms with E-state index in [1.54, 1.807) is 0 Å². The van der Waals surface area contributed by atoms with Gasteiger partial charge in [-0.3, -0.25) is 14.4 Å². The van der Waals surface area contributed by atoms with Gasteiger partial charge in [0, 0.05) is 44.8 Å². The molecule has 6 nitrogen and oxygen atoms in total. The first-order valence-electron chi connectivity index (χ1n) is 10.6. The van der Waals surface area contributed by atoms with Crippen molar-refractivity contribution >= 4 is 17.7 Å². The molecule has 0 unspecified atom stereocenters. The fourth-order valence-electron chi connectivity index (χ4n) is 4.69. The Kier molecular flexibility index (Phi) is 6.60. The molecule has 3 amide bonds. The first-order chi connectivity index (χ1) is 13.8. The molecule has 2 saturated heterocycles. The van der Waals surface area contributed by atoms with E-state index in [4.69, 9.17) is 0 Å². The van der Waals surface area contributed by atoms with Gasteiger partial charge in [0.05, 0.1) is 12.6 Å². The first kappa shape index (κ1) is 21.3. The summed E-state index contributed by atoms with van der Waals surface area (Å²) in [6.07, 6.45) is 1.47. The average Bonchev–Trinajstić information content (AvgIpc) is 3.22. The number of amides is 3. The van der Waals surface area contributed by atoms with Crippen molar-refractivity contribution in [3.8, 4) is 0 Å². The third-order valence-corrected chi connectivity index (χ3v) is 6.27. The molecule has 1 N–H and O–H groups in total. The second kappa shape index (κ2) is 8.97. The normalized spacial score (nSPS) is 23.4. The third kappa shape index (κ3) is 4.80. The van der Waals surface area contributed by atoms with Crippen LogP contribution in [0.25, 0.3) is 0 Å². The highest BCUT2D eigenvalue weighted by Crippen LogP contribution is 2.46. The van der Waals surface area contributed by atoms with Gasteiger partial charge < -0.3 is 15.1 Å². The number of hydrogen-bond donors (Lipinski definition) is 1. The summed E-state index contributed by atoms with van der Waals surface area (Å²) < 4.78 is 0. The first-order valence-corrected chi connectivity index (χ1v) is 10.6. The van der Waals surface area contributed by atoms with Crippen molar-refractivity contribution in [2.24, 2.45) is 17.8 Å². The molecule has 2 aliphatic rings. The van der Waals surface area contributed by atoms with Gasteiger partial charge in [-0.05, 0) is 30.4 Å². The monoisotopic (exact) mass is 399 g/mol. The zero-order chi connectivity index (χ0) is 21.1. The van der Waals surface area contributed by atoms with Crippen LogP contribution in [0.3, 0.4) is 0 Å². The number of carbonyl (C=O) groups excluding carboxylic acids is 3. The van der Waals surface area contributed by atoms with Crippen LogP contribution in [-0.4, -0.2) is 53.7 Å². The Morgan fingerprint density at radius 1 is 1.10 bits per heavy atom. The molecule has 29 heavy (non-hydrogen) atoms. The van der Waals surface area contributed by atoms with E-state index < -0.39 is 0 Å². The number of benzene rings is 1. The van der Waals surface area contributed by atoms with Crippen LogP contribution in [0.15, 0.2) is 24.3 Å². The lowest BCUT2D eigenvalue weighted by molar-refractivity contribution is -0.134. The highest BCUT2D eigenvalue weighted by atomic mass is 16.2. The van der Waals surface area contributed by atoms with Crippen LogP contribution >= 0.6 is 0 Å². The van der Waals surface area contributed by atoms with Gasteiger partial charge in [-0.1, -0.05) is 38.1 Å².